The molecule has 0 spiro atoms. The van der Waals surface area contributed by atoms with Gasteiger partial charge in [-0.05, 0) is 148 Å². The highest BCUT2D eigenvalue weighted by atomic mass is 31.2. The lowest BCUT2D eigenvalue weighted by atomic mass is 10.0. The summed E-state index contributed by atoms with van der Waals surface area (Å²) in [6.07, 6.45) is -8.15. The standard InChI is InChI=1S/C17H25O6P.C17H25O5P.C16H23O6P.C11H21O6P.C11H21O5P.C10H19O6P/c1-12(2)22-16-14(9-10-24(19,20)11-18)23-15(17(16)21-3)13-7-5-4-6-8-13;1-12(2)21-16-14(10-11-23(4,18)19)22-15(17(16)20-3)13-8-6-5-7-9-13;1-11(2)21-15-13(9-10-23(17,18)19)22-14(16(15)20-3)12-7-5-4-6-8-12;1-8(2)17-11-9(16-6-10(11)15-3)4-5-18(13,14)7-12;1-8(2)16-11-9(5-6-17(4,12)13)15-7-10(11)14-3;1-7(2)16-10-8(4-5-17(11,12)13)15-6-9(10)14-3/h4-10,12,14-18H,11H2,1-3H3,(H,19,20);5-12,14-17H,1-4H3,(H,18,19);4-11,13-16H,1-3H3,(H2,17,18,19);4-5,8-12H,6-7H2,1-3H3,(H,13,14);5-6,8-11H,7H2,1-4H3,(H,12,13);4-5,7-10H,6H2,1-3H3,(H2,11,12,13)/b10-9+;11-10+;10-9+;5-4+;6-5+;5-4+/t2*14-,15+,16-,17+;13-,14+,15-,16+;2*9-,10+,11-;8-,9+,10-/m111111/s1/i9D;11D;9D;5D;6D;5D. The number of hydrogen-bond donors (Lipinski definition) is 10. The second kappa shape index (κ2) is 53.5. The molecule has 6 fully saturated rings. The largest absolute Gasteiger partial charge is 0.386 e. The maximum atomic E-state index is 11.8. The van der Waals surface area contributed by atoms with E-state index in [1.807, 2.05) is 174 Å². The molecule has 0 saturated carbocycles. The van der Waals surface area contributed by atoms with Crippen LogP contribution in [0.3, 0.4) is 0 Å². The molecule has 34 nitrogen and oxygen atoms in total. The van der Waals surface area contributed by atoms with E-state index in [9.17, 15) is 47.0 Å². The third kappa shape index (κ3) is 39.8. The first kappa shape index (κ1) is 101. The molecular formula is C82H134O34P6. The van der Waals surface area contributed by atoms with Gasteiger partial charge in [-0.25, -0.2) is 0 Å². The second-order valence-corrected chi connectivity index (χ2v) is 41.1. The first-order chi connectivity index (χ1) is 59.6. The molecule has 6 aliphatic rings. The zero-order valence-corrected chi connectivity index (χ0v) is 78.1. The highest BCUT2D eigenvalue weighted by molar-refractivity contribution is 7.61. The predicted octanol–water partition coefficient (Wildman–Crippen LogP) is 12.1. The highest BCUT2D eigenvalue weighted by Crippen LogP contribution is 2.47. The van der Waals surface area contributed by atoms with Gasteiger partial charge >= 0.3 is 15.2 Å². The SMILES string of the molecule is [2H]/C(=C\P(=O)(O)CO)[C@H]1O[C@@H](c2ccccc2)[C@H](OC)[C@@H]1OC(C)C.[2H]/C(=C\P(=O)(O)O)[C@H]1O[C@@H](c2ccccc2)[C@H](OC)[C@@H]1OC(C)C.[2H]/C(=C\[C@H]1OC[C@H](OC)[C@@H]1OC(C)C)P(=O)(O)CO.[2H]/C(=C\[C@H]1OC[C@H](OC)[C@@H]1OC(C)C)P(=O)(O)O.[2H]/C(=C\[C@H]1OC[C@H](OC)[C@@H]1OC(C)C)P(C)(=O)O.[2H]/C(=C\[C@H]1O[C@@H](c2ccccc2)[C@H](OC)[C@@H]1OC(C)C)P(C)(=O)O. The van der Waals surface area contributed by atoms with Crippen LogP contribution >= 0.6 is 44.7 Å². The fourth-order valence-electron chi connectivity index (χ4n) is 12.8. The molecule has 0 radical (unpaired) electrons. The van der Waals surface area contributed by atoms with Gasteiger partial charge in [-0.3, -0.25) is 27.4 Å². The van der Waals surface area contributed by atoms with E-state index in [0.717, 1.165) is 41.9 Å². The quantitative estimate of drug-likeness (QED) is 0.0245. The van der Waals surface area contributed by atoms with Gasteiger partial charge in [0, 0.05) is 79.2 Å². The molecule has 0 amide bonds. The number of hydrogen-bond acceptors (Lipinski definition) is 26. The van der Waals surface area contributed by atoms with Gasteiger partial charge < -0.3 is 135 Å². The van der Waals surface area contributed by atoms with Gasteiger partial charge in [0.1, 0.15) is 141 Å². The molecule has 3 aromatic carbocycles. The van der Waals surface area contributed by atoms with E-state index in [1.54, 1.807) is 21.3 Å². The number of aliphatic hydroxyl groups excluding tert-OH is 2. The summed E-state index contributed by atoms with van der Waals surface area (Å²) >= 11 is 0. The summed E-state index contributed by atoms with van der Waals surface area (Å²) in [4.78, 5) is 73.8. The van der Waals surface area contributed by atoms with Crippen molar-refractivity contribution in [1.29, 1.82) is 0 Å². The Morgan fingerprint density at radius 1 is 0.344 bits per heavy atom. The zero-order valence-electron chi connectivity index (χ0n) is 78.7. The summed E-state index contributed by atoms with van der Waals surface area (Å²) < 4.78 is 216. The Balaban J connectivity index is 0.000000324. The monoisotopic (exact) mass is 1850 g/mol. The molecule has 6 heterocycles. The van der Waals surface area contributed by atoms with Crippen LogP contribution in [0.1, 0.15) is 126 Å². The summed E-state index contributed by atoms with van der Waals surface area (Å²) in [6, 6.07) is 27.9. The summed E-state index contributed by atoms with van der Waals surface area (Å²) in [6.45, 7) is 25.6. The van der Waals surface area contributed by atoms with Gasteiger partial charge in [-0.1, -0.05) is 91.0 Å². The first-order valence-electron chi connectivity index (χ1n) is 42.3. The van der Waals surface area contributed by atoms with Gasteiger partial charge in [0.15, 0.2) is 0 Å². The molecular weight excluding hydrogens is 1710 g/mol. The minimum Gasteiger partial charge on any atom is -0.386 e. The Morgan fingerprint density at radius 2 is 0.607 bits per heavy atom. The molecule has 9 rings (SSSR count). The molecule has 696 valence electrons. The highest BCUT2D eigenvalue weighted by Gasteiger charge is 2.50. The molecule has 6 saturated heterocycles. The zero-order chi connectivity index (χ0) is 96.9. The number of rotatable bonds is 35. The Bertz CT molecular complexity index is 4240. The summed E-state index contributed by atoms with van der Waals surface area (Å²) in [5.41, 5.74) is 2.66. The lowest BCUT2D eigenvalue weighted by Crippen LogP contribution is -2.36. The first-order valence-corrected chi connectivity index (χ1v) is 50.6. The van der Waals surface area contributed by atoms with E-state index in [1.165, 1.54) is 39.6 Å². The van der Waals surface area contributed by atoms with Crippen molar-refractivity contribution in [1.82, 2.24) is 0 Å². The van der Waals surface area contributed by atoms with Crippen molar-refractivity contribution >= 4 is 44.7 Å². The Morgan fingerprint density at radius 3 is 0.869 bits per heavy atom. The van der Waals surface area contributed by atoms with Gasteiger partial charge in [-0.2, -0.15) is 0 Å². The van der Waals surface area contributed by atoms with Crippen molar-refractivity contribution in [3.63, 3.8) is 0 Å². The summed E-state index contributed by atoms with van der Waals surface area (Å²) in [7, 11) is -14.9. The predicted molar refractivity (Wildman–Crippen MR) is 460 cm³/mol. The Kier molecular flexibility index (Phi) is 44.1. The van der Waals surface area contributed by atoms with E-state index in [-0.39, 0.29) is 110 Å². The summed E-state index contributed by atoms with van der Waals surface area (Å²) in [5.74, 6) is -0.492. The van der Waals surface area contributed by atoms with Crippen molar-refractivity contribution in [2.24, 2.45) is 0 Å². The van der Waals surface area contributed by atoms with E-state index < -0.39 is 161 Å². The van der Waals surface area contributed by atoms with Crippen LogP contribution in [-0.4, -0.2) is 284 Å². The maximum absolute atomic E-state index is 11.8. The molecule has 6 aliphatic heterocycles. The van der Waals surface area contributed by atoms with E-state index in [0.29, 0.717) is 12.4 Å². The number of aliphatic hydroxyl groups is 2. The van der Waals surface area contributed by atoms with Crippen molar-refractivity contribution in [3.05, 3.63) is 179 Å². The average molecular weight is 1860 g/mol. The fourth-order valence-corrected chi connectivity index (χ4v) is 15.3. The molecule has 0 aromatic heterocycles. The van der Waals surface area contributed by atoms with E-state index >= 15 is 0 Å². The third-order valence-corrected chi connectivity index (χ3v) is 22.0. The summed E-state index contributed by atoms with van der Waals surface area (Å²) in [5, 5.41) is 17.8. The van der Waals surface area contributed by atoms with Gasteiger partial charge in [0.05, 0.1) is 64.7 Å². The topological polar surface area (TPSA) is 471 Å². The molecule has 3 aromatic rings. The lowest BCUT2D eigenvalue weighted by molar-refractivity contribution is -0.0694. The van der Waals surface area contributed by atoms with Gasteiger partial charge in [-0.15, -0.1) is 0 Å². The second-order valence-electron chi connectivity index (χ2n) is 30.3. The fraction of sp³-hybridized carbons (Fsp3) is 0.634. The Labute approximate surface area is 727 Å². The van der Waals surface area contributed by atoms with Crippen LogP contribution in [0.4, 0.5) is 0 Å². The number of methoxy groups -OCH3 is 6. The van der Waals surface area contributed by atoms with Gasteiger partial charge in [0.25, 0.3) is 0 Å². The lowest BCUT2D eigenvalue weighted by Gasteiger charge is -2.24. The minimum absolute atomic E-state index is 0.0120. The van der Waals surface area contributed by atoms with Crippen LogP contribution in [0.2, 0.25) is 0 Å². The molecule has 0 bridgehead atoms. The van der Waals surface area contributed by atoms with Crippen LogP contribution in [0.25, 0.3) is 0 Å². The van der Waals surface area contributed by atoms with Crippen molar-refractivity contribution in [3.8, 4) is 0 Å². The molecule has 122 heavy (non-hydrogen) atoms. The molecule has 25 atom stereocenters. The average Bonchev–Trinajstić information content (AvgIpc) is 1.69. The van der Waals surface area contributed by atoms with Crippen LogP contribution in [0.5, 0.6) is 0 Å². The molecule has 4 unspecified atom stereocenters. The van der Waals surface area contributed by atoms with E-state index in [4.69, 9.17) is 123 Å². The van der Waals surface area contributed by atoms with Crippen LogP contribution in [0, 0.1) is 0 Å². The normalized spacial score (nSPS) is 32.0. The third-order valence-electron chi connectivity index (χ3n) is 17.8. The van der Waals surface area contributed by atoms with E-state index in [2.05, 4.69) is 0 Å². The molecule has 0 aliphatic carbocycles. The number of benzene rings is 3. The van der Waals surface area contributed by atoms with Crippen LogP contribution in [-0.2, 0) is 113 Å². The minimum atomic E-state index is -4.55. The Hall–Kier alpha value is -3.64. The van der Waals surface area contributed by atoms with Gasteiger partial charge in [0.2, 0.25) is 29.5 Å². The molecule has 40 heteroatoms. The number of ether oxygens (including phenoxy) is 18. The maximum Gasteiger partial charge on any atom is 0.348 e. The van der Waals surface area contributed by atoms with Crippen LogP contribution in [0.15, 0.2) is 162 Å². The molecule has 10 N–H and O–H groups in total. The van der Waals surface area contributed by atoms with Crippen molar-refractivity contribution < 1.29 is 170 Å². The van der Waals surface area contributed by atoms with Crippen molar-refractivity contribution in [2.75, 3.05) is 88.5 Å². The van der Waals surface area contributed by atoms with Crippen LogP contribution < -0.4 is 0 Å². The van der Waals surface area contributed by atoms with Crippen molar-refractivity contribution in [2.45, 2.75) is 248 Å². The smallest absolute Gasteiger partial charge is 0.348 e.